The first kappa shape index (κ1) is 23.3. The molecule has 0 saturated carbocycles. The van der Waals surface area contributed by atoms with Gasteiger partial charge in [0.2, 0.25) is 5.91 Å². The van der Waals surface area contributed by atoms with Gasteiger partial charge in [-0.2, -0.15) is 0 Å². The van der Waals surface area contributed by atoms with Crippen LogP contribution in [0.15, 0.2) is 64.7 Å². The maximum absolute atomic E-state index is 12.5. The fourth-order valence-corrected chi connectivity index (χ4v) is 4.33. The van der Waals surface area contributed by atoms with Crippen molar-refractivity contribution >= 4 is 39.3 Å². The Morgan fingerprint density at radius 3 is 2.52 bits per heavy atom. The molecule has 162 valence electrons. The first-order valence-corrected chi connectivity index (χ1v) is 11.8. The molecule has 0 unspecified atom stereocenters. The number of hydrogen-bond donors (Lipinski definition) is 1. The van der Waals surface area contributed by atoms with Crippen molar-refractivity contribution in [2.75, 3.05) is 11.1 Å². The average molecular weight is 499 g/mol. The summed E-state index contributed by atoms with van der Waals surface area (Å²) in [4.78, 5) is 12.5. The number of hydrogen-bond acceptors (Lipinski definition) is 4. The second kappa shape index (κ2) is 9.83. The van der Waals surface area contributed by atoms with Crippen LogP contribution >= 0.6 is 27.7 Å². The highest BCUT2D eigenvalue weighted by Gasteiger charge is 2.17. The van der Waals surface area contributed by atoms with E-state index < -0.39 is 0 Å². The standard InChI is InChI=1S/C24H27BrN4OS/c1-6-13-29-22(17-7-9-18(10-8-17)24(3,4)5)27-28-23(29)31-15-21(30)26-20-12-11-19(25)14-16(20)2/h6-12,14H,1,13,15H2,2-5H3,(H,26,30). The number of carbonyl (C=O) groups is 1. The van der Waals surface area contributed by atoms with E-state index in [0.29, 0.717) is 11.7 Å². The second-order valence-electron chi connectivity index (χ2n) is 8.33. The number of carbonyl (C=O) groups excluding carboxylic acids is 1. The molecule has 2 aromatic carbocycles. The number of benzene rings is 2. The molecule has 1 amide bonds. The van der Waals surface area contributed by atoms with Gasteiger partial charge < -0.3 is 5.32 Å². The Bertz CT molecular complexity index is 1080. The Labute approximate surface area is 196 Å². The lowest BCUT2D eigenvalue weighted by molar-refractivity contribution is -0.113. The van der Waals surface area contributed by atoms with Crippen molar-refractivity contribution in [2.45, 2.75) is 44.8 Å². The van der Waals surface area contributed by atoms with Gasteiger partial charge in [0.25, 0.3) is 0 Å². The Morgan fingerprint density at radius 2 is 1.90 bits per heavy atom. The highest BCUT2D eigenvalue weighted by atomic mass is 79.9. The number of thioether (sulfide) groups is 1. The molecule has 0 aliphatic rings. The van der Waals surface area contributed by atoms with E-state index in [4.69, 9.17) is 0 Å². The molecule has 3 rings (SSSR count). The van der Waals surface area contributed by atoms with Crippen molar-refractivity contribution in [1.82, 2.24) is 14.8 Å². The van der Waals surface area contributed by atoms with Crippen molar-refractivity contribution < 1.29 is 4.79 Å². The summed E-state index contributed by atoms with van der Waals surface area (Å²) in [5, 5.41) is 12.4. The van der Waals surface area contributed by atoms with Crippen LogP contribution in [-0.2, 0) is 16.8 Å². The summed E-state index contributed by atoms with van der Waals surface area (Å²) in [7, 11) is 0. The Hall–Kier alpha value is -2.38. The highest BCUT2D eigenvalue weighted by Crippen LogP contribution is 2.28. The van der Waals surface area contributed by atoms with Gasteiger partial charge in [0, 0.05) is 22.3 Å². The van der Waals surface area contributed by atoms with E-state index in [1.807, 2.05) is 35.8 Å². The molecule has 0 aliphatic carbocycles. The molecular formula is C24H27BrN4OS. The van der Waals surface area contributed by atoms with Gasteiger partial charge >= 0.3 is 0 Å². The molecule has 0 radical (unpaired) electrons. The molecule has 0 atom stereocenters. The van der Waals surface area contributed by atoms with Gasteiger partial charge in [-0.05, 0) is 41.7 Å². The van der Waals surface area contributed by atoms with Gasteiger partial charge in [0.1, 0.15) is 0 Å². The largest absolute Gasteiger partial charge is 0.325 e. The molecule has 0 fully saturated rings. The van der Waals surface area contributed by atoms with E-state index in [-0.39, 0.29) is 17.1 Å². The number of anilines is 1. The van der Waals surface area contributed by atoms with Gasteiger partial charge in [0.15, 0.2) is 11.0 Å². The number of aromatic nitrogens is 3. The second-order valence-corrected chi connectivity index (χ2v) is 10.2. The smallest absolute Gasteiger partial charge is 0.234 e. The Balaban J connectivity index is 1.74. The number of rotatable bonds is 7. The van der Waals surface area contributed by atoms with Crippen LogP contribution in [0, 0.1) is 6.92 Å². The van der Waals surface area contributed by atoms with E-state index in [0.717, 1.165) is 27.1 Å². The molecule has 31 heavy (non-hydrogen) atoms. The van der Waals surface area contributed by atoms with Gasteiger partial charge in [-0.25, -0.2) is 0 Å². The Kier molecular flexibility index (Phi) is 7.38. The first-order valence-electron chi connectivity index (χ1n) is 10.0. The summed E-state index contributed by atoms with van der Waals surface area (Å²) in [5.74, 6) is 0.931. The van der Waals surface area contributed by atoms with E-state index in [2.05, 4.69) is 83.1 Å². The predicted molar refractivity (Wildman–Crippen MR) is 133 cm³/mol. The minimum Gasteiger partial charge on any atom is -0.325 e. The highest BCUT2D eigenvalue weighted by molar-refractivity contribution is 9.10. The normalized spacial score (nSPS) is 11.4. The van der Waals surface area contributed by atoms with E-state index in [1.165, 1.54) is 17.3 Å². The van der Waals surface area contributed by atoms with Crippen LogP contribution in [0.2, 0.25) is 0 Å². The van der Waals surface area contributed by atoms with Crippen LogP contribution < -0.4 is 5.32 Å². The zero-order chi connectivity index (χ0) is 22.6. The van der Waals surface area contributed by atoms with Gasteiger partial charge in [-0.15, -0.1) is 16.8 Å². The van der Waals surface area contributed by atoms with Gasteiger partial charge in [-0.3, -0.25) is 9.36 Å². The van der Waals surface area contributed by atoms with Crippen molar-refractivity contribution in [3.05, 3.63) is 70.7 Å². The maximum Gasteiger partial charge on any atom is 0.234 e. The Morgan fingerprint density at radius 1 is 1.19 bits per heavy atom. The zero-order valence-electron chi connectivity index (χ0n) is 18.3. The third-order valence-electron chi connectivity index (χ3n) is 4.83. The molecule has 1 heterocycles. The molecule has 1 aromatic heterocycles. The number of aryl methyl sites for hydroxylation is 1. The summed E-state index contributed by atoms with van der Waals surface area (Å²) in [5.41, 5.74) is 4.16. The molecule has 5 nitrogen and oxygen atoms in total. The third kappa shape index (κ3) is 5.86. The number of nitrogens with one attached hydrogen (secondary N) is 1. The van der Waals surface area contributed by atoms with Crippen LogP contribution in [0.3, 0.4) is 0 Å². The monoisotopic (exact) mass is 498 g/mol. The van der Waals surface area contributed by atoms with E-state index >= 15 is 0 Å². The van der Waals surface area contributed by atoms with Crippen molar-refractivity contribution in [3.63, 3.8) is 0 Å². The molecule has 7 heteroatoms. The summed E-state index contributed by atoms with van der Waals surface area (Å²) in [6.45, 7) is 13.0. The van der Waals surface area contributed by atoms with Crippen LogP contribution in [0.4, 0.5) is 5.69 Å². The quantitative estimate of drug-likeness (QED) is 0.309. The van der Waals surface area contributed by atoms with Crippen molar-refractivity contribution in [1.29, 1.82) is 0 Å². The van der Waals surface area contributed by atoms with E-state index in [1.54, 1.807) is 0 Å². The molecule has 0 spiro atoms. The summed E-state index contributed by atoms with van der Waals surface area (Å²) in [6, 6.07) is 14.2. The van der Waals surface area contributed by atoms with Crippen LogP contribution in [0.25, 0.3) is 11.4 Å². The number of amides is 1. The number of nitrogens with zero attached hydrogens (tertiary/aromatic N) is 3. The molecule has 0 aliphatic heterocycles. The summed E-state index contributed by atoms with van der Waals surface area (Å²) < 4.78 is 2.97. The van der Waals surface area contributed by atoms with Crippen LogP contribution in [-0.4, -0.2) is 26.4 Å². The lowest BCUT2D eigenvalue weighted by Crippen LogP contribution is -2.15. The predicted octanol–water partition coefficient (Wildman–Crippen LogP) is 6.23. The average Bonchev–Trinajstić information content (AvgIpc) is 3.11. The van der Waals surface area contributed by atoms with Gasteiger partial charge in [-0.1, -0.05) is 78.8 Å². The lowest BCUT2D eigenvalue weighted by Gasteiger charge is -2.19. The topological polar surface area (TPSA) is 59.8 Å². The zero-order valence-corrected chi connectivity index (χ0v) is 20.7. The maximum atomic E-state index is 12.5. The molecule has 0 bridgehead atoms. The van der Waals surface area contributed by atoms with Crippen molar-refractivity contribution in [2.24, 2.45) is 0 Å². The van der Waals surface area contributed by atoms with Crippen LogP contribution in [0.5, 0.6) is 0 Å². The van der Waals surface area contributed by atoms with E-state index in [9.17, 15) is 4.79 Å². The summed E-state index contributed by atoms with van der Waals surface area (Å²) in [6.07, 6.45) is 1.81. The summed E-state index contributed by atoms with van der Waals surface area (Å²) >= 11 is 4.81. The number of allylic oxidation sites excluding steroid dienone is 1. The fourth-order valence-electron chi connectivity index (χ4n) is 3.11. The molecular weight excluding hydrogens is 472 g/mol. The van der Waals surface area contributed by atoms with Crippen LogP contribution in [0.1, 0.15) is 31.9 Å². The van der Waals surface area contributed by atoms with Gasteiger partial charge in [0.05, 0.1) is 5.75 Å². The van der Waals surface area contributed by atoms with Crippen molar-refractivity contribution in [3.8, 4) is 11.4 Å². The minimum absolute atomic E-state index is 0.0837. The third-order valence-corrected chi connectivity index (χ3v) is 6.29. The first-order chi connectivity index (χ1) is 14.7. The molecule has 1 N–H and O–H groups in total. The lowest BCUT2D eigenvalue weighted by atomic mass is 9.87. The molecule has 3 aromatic rings. The SMILES string of the molecule is C=CCn1c(SCC(=O)Nc2ccc(Br)cc2C)nnc1-c1ccc(C(C)(C)C)cc1. The molecule has 0 saturated heterocycles. The number of halogens is 1. The fraction of sp³-hybridized carbons (Fsp3) is 0.292. The minimum atomic E-state index is -0.0837.